The fraction of sp³-hybridized carbons (Fsp3) is 0.545. The van der Waals surface area contributed by atoms with Crippen LogP contribution in [-0.2, 0) is 14.8 Å². The zero-order valence-corrected chi connectivity index (χ0v) is 13.0. The lowest BCUT2D eigenvalue weighted by Gasteiger charge is -2.21. The molecule has 8 heteroatoms. The highest BCUT2D eigenvalue weighted by Gasteiger charge is 2.54. The lowest BCUT2D eigenvalue weighted by atomic mass is 9.89. The summed E-state index contributed by atoms with van der Waals surface area (Å²) in [7, 11) is -3.56. The molecule has 3 heterocycles. The van der Waals surface area contributed by atoms with E-state index in [1.807, 2.05) is 0 Å². The van der Waals surface area contributed by atoms with E-state index in [1.165, 1.54) is 4.31 Å². The molecule has 0 aliphatic carbocycles. The Morgan fingerprint density at radius 2 is 2.16 bits per heavy atom. The Hall–Kier alpha value is -0.440. The summed E-state index contributed by atoms with van der Waals surface area (Å²) in [4.78, 5) is 11.2. The summed E-state index contributed by atoms with van der Waals surface area (Å²) in [6.45, 7) is 0. The minimum Gasteiger partial charge on any atom is -0.481 e. The van der Waals surface area contributed by atoms with Crippen molar-refractivity contribution in [2.45, 2.75) is 35.6 Å². The molecular weight excluding hydrogens is 354 g/mol. The maximum Gasteiger partial charge on any atom is 0.308 e. The van der Waals surface area contributed by atoms with E-state index in [0.29, 0.717) is 12.8 Å². The van der Waals surface area contributed by atoms with E-state index in [4.69, 9.17) is 5.11 Å². The summed E-state index contributed by atoms with van der Waals surface area (Å²) in [6.07, 6.45) is 1.85. The number of hydrogen-bond donors (Lipinski definition) is 1. The normalized spacial score (nSPS) is 30.9. The SMILES string of the molecule is O=C(O)C1CC2CCC1N2S(=O)(=O)c1ccc(Br)s1. The van der Waals surface area contributed by atoms with Gasteiger partial charge in [-0.15, -0.1) is 11.3 Å². The van der Waals surface area contributed by atoms with Crippen molar-refractivity contribution in [2.75, 3.05) is 0 Å². The fourth-order valence-corrected chi connectivity index (χ4v) is 7.15. The van der Waals surface area contributed by atoms with Gasteiger partial charge >= 0.3 is 5.97 Å². The second-order valence-corrected chi connectivity index (χ2v) is 9.41. The van der Waals surface area contributed by atoms with Crippen molar-refractivity contribution in [3.8, 4) is 0 Å². The van der Waals surface area contributed by atoms with Crippen LogP contribution in [0, 0.1) is 5.92 Å². The van der Waals surface area contributed by atoms with E-state index in [-0.39, 0.29) is 16.3 Å². The number of sulfonamides is 1. The number of aliphatic carboxylic acids is 1. The second-order valence-electron chi connectivity index (χ2n) is 4.87. The van der Waals surface area contributed by atoms with E-state index < -0.39 is 21.9 Å². The van der Waals surface area contributed by atoms with E-state index in [0.717, 1.165) is 21.5 Å². The third-order valence-electron chi connectivity index (χ3n) is 3.87. The predicted octanol–water partition coefficient (Wildman–Crippen LogP) is 2.14. The van der Waals surface area contributed by atoms with Crippen LogP contribution in [0.1, 0.15) is 19.3 Å². The number of nitrogens with zero attached hydrogens (tertiary/aromatic N) is 1. The van der Waals surface area contributed by atoms with Crippen molar-refractivity contribution in [2.24, 2.45) is 5.92 Å². The first kappa shape index (κ1) is 13.5. The van der Waals surface area contributed by atoms with Crippen molar-refractivity contribution < 1.29 is 18.3 Å². The van der Waals surface area contributed by atoms with Gasteiger partial charge in [0.15, 0.2) is 0 Å². The van der Waals surface area contributed by atoms with Crippen LogP contribution < -0.4 is 0 Å². The molecule has 3 rings (SSSR count). The van der Waals surface area contributed by atoms with Crippen LogP contribution in [0.3, 0.4) is 0 Å². The van der Waals surface area contributed by atoms with Crippen molar-refractivity contribution in [1.82, 2.24) is 4.31 Å². The predicted molar refractivity (Wildman–Crippen MR) is 73.6 cm³/mol. The summed E-state index contributed by atoms with van der Waals surface area (Å²) >= 11 is 4.42. The Balaban J connectivity index is 1.97. The van der Waals surface area contributed by atoms with Gasteiger partial charge in [-0.2, -0.15) is 4.31 Å². The number of thiophene rings is 1. The summed E-state index contributed by atoms with van der Waals surface area (Å²) in [5.41, 5.74) is 0. The molecule has 3 unspecified atom stereocenters. The molecule has 0 radical (unpaired) electrons. The maximum atomic E-state index is 12.6. The van der Waals surface area contributed by atoms with Crippen LogP contribution in [0.2, 0.25) is 0 Å². The zero-order valence-electron chi connectivity index (χ0n) is 9.82. The first-order valence-corrected chi connectivity index (χ1v) is 8.98. The van der Waals surface area contributed by atoms with Gasteiger partial charge in [0.05, 0.1) is 9.70 Å². The number of halogens is 1. The molecule has 104 valence electrons. The number of hydrogen-bond acceptors (Lipinski definition) is 4. The number of rotatable bonds is 3. The second kappa shape index (κ2) is 4.54. The molecule has 0 amide bonds. The molecule has 1 aromatic heterocycles. The molecule has 3 atom stereocenters. The summed E-state index contributed by atoms with van der Waals surface area (Å²) in [5, 5.41) is 9.17. The number of carbonyl (C=O) groups is 1. The van der Waals surface area contributed by atoms with E-state index in [2.05, 4.69) is 15.9 Å². The monoisotopic (exact) mass is 365 g/mol. The van der Waals surface area contributed by atoms with Gasteiger partial charge in [-0.1, -0.05) is 0 Å². The minimum atomic E-state index is -3.56. The van der Waals surface area contributed by atoms with Gasteiger partial charge in [-0.3, -0.25) is 4.79 Å². The highest BCUT2D eigenvalue weighted by Crippen LogP contribution is 2.46. The first-order valence-electron chi connectivity index (χ1n) is 5.93. The fourth-order valence-electron chi connectivity index (χ4n) is 3.12. The third kappa shape index (κ3) is 2.05. The molecule has 1 N–H and O–H groups in total. The summed E-state index contributed by atoms with van der Waals surface area (Å²) in [5.74, 6) is -1.45. The Kier molecular flexibility index (Phi) is 3.24. The average molecular weight is 366 g/mol. The highest BCUT2D eigenvalue weighted by atomic mass is 79.9. The Morgan fingerprint density at radius 1 is 1.42 bits per heavy atom. The van der Waals surface area contributed by atoms with Crippen LogP contribution in [0.5, 0.6) is 0 Å². The molecule has 2 saturated heterocycles. The lowest BCUT2D eigenvalue weighted by Crippen LogP contribution is -2.37. The lowest BCUT2D eigenvalue weighted by molar-refractivity contribution is -0.142. The van der Waals surface area contributed by atoms with E-state index >= 15 is 0 Å². The van der Waals surface area contributed by atoms with Gasteiger partial charge in [0.2, 0.25) is 0 Å². The quantitative estimate of drug-likeness (QED) is 0.890. The topological polar surface area (TPSA) is 74.7 Å². The van der Waals surface area contributed by atoms with Crippen molar-refractivity contribution >= 4 is 43.3 Å². The maximum absolute atomic E-state index is 12.6. The Morgan fingerprint density at radius 3 is 2.68 bits per heavy atom. The highest BCUT2D eigenvalue weighted by molar-refractivity contribution is 9.11. The van der Waals surface area contributed by atoms with Crippen LogP contribution >= 0.6 is 27.3 Å². The molecule has 1 aromatic rings. The van der Waals surface area contributed by atoms with Crippen LogP contribution in [0.4, 0.5) is 0 Å². The molecule has 2 fully saturated rings. The van der Waals surface area contributed by atoms with Crippen molar-refractivity contribution in [3.63, 3.8) is 0 Å². The number of carboxylic acids is 1. The van der Waals surface area contributed by atoms with Gasteiger partial charge < -0.3 is 5.11 Å². The van der Waals surface area contributed by atoms with E-state index in [9.17, 15) is 13.2 Å². The van der Waals surface area contributed by atoms with Gasteiger partial charge in [0, 0.05) is 12.1 Å². The van der Waals surface area contributed by atoms with Crippen molar-refractivity contribution in [1.29, 1.82) is 0 Å². The van der Waals surface area contributed by atoms with Gasteiger partial charge in [-0.05, 0) is 47.3 Å². The molecule has 0 aromatic carbocycles. The molecule has 0 saturated carbocycles. The number of carboxylic acid groups (broad SMARTS) is 1. The standard InChI is InChI=1S/C11H12BrNO4S2/c12-9-3-4-10(18-9)19(16,17)13-6-1-2-8(13)7(5-6)11(14)15/h3-4,6-8H,1-2,5H2,(H,14,15). The molecule has 5 nitrogen and oxygen atoms in total. The van der Waals surface area contributed by atoms with Crippen LogP contribution in [-0.4, -0.2) is 35.9 Å². The summed E-state index contributed by atoms with van der Waals surface area (Å²) < 4.78 is 27.7. The molecule has 19 heavy (non-hydrogen) atoms. The Labute approximate surface area is 123 Å². The zero-order chi connectivity index (χ0) is 13.8. The van der Waals surface area contributed by atoms with Gasteiger partial charge in [0.1, 0.15) is 4.21 Å². The number of fused-ring (bicyclic) bond motifs is 2. The molecule has 2 bridgehead atoms. The smallest absolute Gasteiger partial charge is 0.308 e. The Bertz CT molecular complexity index is 626. The van der Waals surface area contributed by atoms with E-state index in [1.54, 1.807) is 12.1 Å². The molecular formula is C11H12BrNO4S2. The van der Waals surface area contributed by atoms with Crippen LogP contribution in [0.15, 0.2) is 20.1 Å². The van der Waals surface area contributed by atoms with Gasteiger partial charge in [-0.25, -0.2) is 8.42 Å². The van der Waals surface area contributed by atoms with Crippen LogP contribution in [0.25, 0.3) is 0 Å². The molecule has 0 spiro atoms. The molecule has 2 aliphatic rings. The molecule has 2 aliphatic heterocycles. The largest absolute Gasteiger partial charge is 0.481 e. The van der Waals surface area contributed by atoms with Crippen molar-refractivity contribution in [3.05, 3.63) is 15.9 Å². The third-order valence-corrected chi connectivity index (χ3v) is 7.94. The van der Waals surface area contributed by atoms with Gasteiger partial charge in [0.25, 0.3) is 10.0 Å². The summed E-state index contributed by atoms with van der Waals surface area (Å²) in [6, 6.07) is 2.73. The average Bonchev–Trinajstić information content (AvgIpc) is 3.01. The minimum absolute atomic E-state index is 0.156. The first-order chi connectivity index (χ1) is 8.91.